The third-order valence-electron chi connectivity index (χ3n) is 3.16. The van der Waals surface area contributed by atoms with Gasteiger partial charge in [0.05, 0.1) is 6.42 Å². The van der Waals surface area contributed by atoms with Crippen LogP contribution in [0.5, 0.6) is 5.75 Å². The van der Waals surface area contributed by atoms with Crippen molar-refractivity contribution in [2.24, 2.45) is 0 Å². The van der Waals surface area contributed by atoms with E-state index in [2.05, 4.69) is 0 Å². The lowest BCUT2D eigenvalue weighted by molar-refractivity contribution is -0.137. The molecule has 1 N–H and O–H groups in total. The zero-order valence-corrected chi connectivity index (χ0v) is 9.49. The third kappa shape index (κ3) is 2.75. The van der Waals surface area contributed by atoms with Gasteiger partial charge < -0.3 is 9.84 Å². The summed E-state index contributed by atoms with van der Waals surface area (Å²) in [6.45, 7) is -0.454. The first-order valence-corrected chi connectivity index (χ1v) is 5.67. The summed E-state index contributed by atoms with van der Waals surface area (Å²) in [5.74, 6) is -0.141. The van der Waals surface area contributed by atoms with Crippen LogP contribution in [0.2, 0.25) is 0 Å². The minimum Gasteiger partial charge on any atom is -0.491 e. The molecule has 1 aliphatic rings. The van der Waals surface area contributed by atoms with Gasteiger partial charge in [-0.1, -0.05) is 12.1 Å². The molecular weight excluding hydrogens is 223 g/mol. The molecule has 0 saturated heterocycles. The van der Waals surface area contributed by atoms with Crippen LogP contribution >= 0.6 is 0 Å². The molecule has 3 nitrogen and oxygen atoms in total. The van der Waals surface area contributed by atoms with Crippen LogP contribution in [0, 0.1) is 0 Å². The number of carbonyl (C=O) groups is 1. The van der Waals surface area contributed by atoms with Crippen LogP contribution in [0.4, 0.5) is 4.39 Å². The molecule has 0 heterocycles. The second-order valence-electron chi connectivity index (χ2n) is 4.41. The number of halogens is 1. The fraction of sp³-hybridized carbons (Fsp3) is 0.462. The highest BCUT2D eigenvalue weighted by atomic mass is 19.1. The topological polar surface area (TPSA) is 46.5 Å². The molecule has 2 rings (SSSR count). The Balaban J connectivity index is 2.05. The maximum Gasteiger partial charge on any atom is 0.304 e. The van der Waals surface area contributed by atoms with Crippen molar-refractivity contribution in [1.82, 2.24) is 0 Å². The number of alkyl halides is 1. The molecule has 0 aliphatic heterocycles. The molecule has 92 valence electrons. The van der Waals surface area contributed by atoms with Crippen LogP contribution in [0.3, 0.4) is 0 Å². The van der Waals surface area contributed by atoms with E-state index in [-0.39, 0.29) is 18.4 Å². The standard InChI is InChI=1S/C13H15FO3/c14-7-8-17-11-3-1-10(2-4-11)13(5-6-13)9-12(15)16/h1-4H,5-9H2,(H,15,16). The van der Waals surface area contributed by atoms with Gasteiger partial charge in [-0.3, -0.25) is 4.79 Å². The molecule has 1 aromatic rings. The van der Waals surface area contributed by atoms with Crippen molar-refractivity contribution in [3.8, 4) is 5.75 Å². The van der Waals surface area contributed by atoms with Crippen molar-refractivity contribution in [3.05, 3.63) is 29.8 Å². The molecule has 0 spiro atoms. The highest BCUT2D eigenvalue weighted by Crippen LogP contribution is 2.51. The van der Waals surface area contributed by atoms with Gasteiger partial charge in [0.1, 0.15) is 19.0 Å². The van der Waals surface area contributed by atoms with Gasteiger partial charge in [-0.15, -0.1) is 0 Å². The number of hydrogen-bond acceptors (Lipinski definition) is 2. The van der Waals surface area contributed by atoms with E-state index in [1.54, 1.807) is 12.1 Å². The van der Waals surface area contributed by atoms with Crippen LogP contribution < -0.4 is 4.74 Å². The van der Waals surface area contributed by atoms with Crippen LogP contribution in [0.1, 0.15) is 24.8 Å². The van der Waals surface area contributed by atoms with Gasteiger partial charge in [0.15, 0.2) is 0 Å². The van der Waals surface area contributed by atoms with E-state index in [0.717, 1.165) is 18.4 Å². The number of ether oxygens (including phenoxy) is 1. The summed E-state index contributed by atoms with van der Waals surface area (Å²) in [6.07, 6.45) is 2.02. The second-order valence-corrected chi connectivity index (χ2v) is 4.41. The number of aliphatic carboxylic acids is 1. The fourth-order valence-electron chi connectivity index (χ4n) is 2.07. The van der Waals surface area contributed by atoms with Gasteiger partial charge in [0, 0.05) is 5.41 Å². The molecule has 0 radical (unpaired) electrons. The lowest BCUT2D eigenvalue weighted by Crippen LogP contribution is -2.12. The van der Waals surface area contributed by atoms with Crippen LogP contribution in [-0.2, 0) is 10.2 Å². The van der Waals surface area contributed by atoms with Crippen LogP contribution in [-0.4, -0.2) is 24.4 Å². The summed E-state index contributed by atoms with van der Waals surface area (Å²) < 4.78 is 17.0. The first-order valence-electron chi connectivity index (χ1n) is 5.67. The Morgan fingerprint density at radius 3 is 2.47 bits per heavy atom. The Labute approximate surface area is 99.2 Å². The van der Waals surface area contributed by atoms with E-state index >= 15 is 0 Å². The zero-order valence-electron chi connectivity index (χ0n) is 9.49. The summed E-state index contributed by atoms with van der Waals surface area (Å²) in [5, 5.41) is 8.85. The smallest absolute Gasteiger partial charge is 0.304 e. The van der Waals surface area contributed by atoms with Gasteiger partial charge >= 0.3 is 5.97 Å². The predicted octanol–water partition coefficient (Wildman–Crippen LogP) is 2.54. The number of benzene rings is 1. The molecule has 1 fully saturated rings. The Morgan fingerprint density at radius 1 is 1.35 bits per heavy atom. The first-order chi connectivity index (χ1) is 8.16. The third-order valence-corrected chi connectivity index (χ3v) is 3.16. The monoisotopic (exact) mass is 238 g/mol. The molecule has 1 aliphatic carbocycles. The second kappa shape index (κ2) is 4.73. The van der Waals surface area contributed by atoms with Crippen molar-refractivity contribution in [1.29, 1.82) is 0 Å². The zero-order chi connectivity index (χ0) is 12.3. The van der Waals surface area contributed by atoms with Gasteiger partial charge in [0.25, 0.3) is 0 Å². The van der Waals surface area contributed by atoms with Gasteiger partial charge in [-0.05, 0) is 30.5 Å². The van der Waals surface area contributed by atoms with E-state index in [1.165, 1.54) is 0 Å². The molecule has 0 aromatic heterocycles. The van der Waals surface area contributed by atoms with Crippen molar-refractivity contribution in [3.63, 3.8) is 0 Å². The summed E-state index contributed by atoms with van der Waals surface area (Å²) in [6, 6.07) is 7.30. The van der Waals surface area contributed by atoms with Crippen molar-refractivity contribution in [2.75, 3.05) is 13.3 Å². The first kappa shape index (κ1) is 11.9. The Bertz CT molecular complexity index is 396. The summed E-state index contributed by atoms with van der Waals surface area (Å²) in [4.78, 5) is 10.8. The summed E-state index contributed by atoms with van der Waals surface area (Å²) >= 11 is 0. The molecular formula is C13H15FO3. The molecule has 17 heavy (non-hydrogen) atoms. The SMILES string of the molecule is O=C(O)CC1(c2ccc(OCCF)cc2)CC1. The highest BCUT2D eigenvalue weighted by molar-refractivity contribution is 5.70. The van der Waals surface area contributed by atoms with Crippen LogP contribution in [0.25, 0.3) is 0 Å². The lowest BCUT2D eigenvalue weighted by Gasteiger charge is -2.13. The largest absolute Gasteiger partial charge is 0.491 e. The molecule has 4 heteroatoms. The van der Waals surface area contributed by atoms with E-state index in [1.807, 2.05) is 12.1 Å². The van der Waals surface area contributed by atoms with E-state index in [4.69, 9.17) is 9.84 Å². The Hall–Kier alpha value is -1.58. The van der Waals surface area contributed by atoms with Gasteiger partial charge in [-0.25, -0.2) is 4.39 Å². The molecule has 1 aromatic carbocycles. The highest BCUT2D eigenvalue weighted by Gasteiger charge is 2.45. The molecule has 0 amide bonds. The van der Waals surface area contributed by atoms with Gasteiger partial charge in [-0.2, -0.15) is 0 Å². The molecule has 1 saturated carbocycles. The van der Waals surface area contributed by atoms with E-state index in [0.29, 0.717) is 5.75 Å². The average Bonchev–Trinajstić information content (AvgIpc) is 3.07. The molecule has 0 atom stereocenters. The Kier molecular flexibility index (Phi) is 3.31. The summed E-state index contributed by atoms with van der Waals surface area (Å²) in [5.41, 5.74) is 0.859. The number of carboxylic acid groups (broad SMARTS) is 1. The molecule has 0 unspecified atom stereocenters. The van der Waals surface area contributed by atoms with E-state index in [9.17, 15) is 9.18 Å². The Morgan fingerprint density at radius 2 is 2.00 bits per heavy atom. The number of rotatable bonds is 6. The lowest BCUT2D eigenvalue weighted by atomic mass is 9.92. The maximum atomic E-state index is 11.9. The van der Waals surface area contributed by atoms with Crippen molar-refractivity contribution >= 4 is 5.97 Å². The van der Waals surface area contributed by atoms with Gasteiger partial charge in [0.2, 0.25) is 0 Å². The summed E-state index contributed by atoms with van der Waals surface area (Å²) in [7, 11) is 0. The predicted molar refractivity (Wildman–Crippen MR) is 61.1 cm³/mol. The normalized spacial score (nSPS) is 16.5. The minimum atomic E-state index is -0.764. The number of hydrogen-bond donors (Lipinski definition) is 1. The van der Waals surface area contributed by atoms with Crippen molar-refractivity contribution < 1.29 is 19.0 Å². The number of carboxylic acids is 1. The molecule has 0 bridgehead atoms. The van der Waals surface area contributed by atoms with E-state index < -0.39 is 12.6 Å². The quantitative estimate of drug-likeness (QED) is 0.828. The maximum absolute atomic E-state index is 11.9. The minimum absolute atomic E-state index is 0.0552. The average molecular weight is 238 g/mol. The van der Waals surface area contributed by atoms with Crippen molar-refractivity contribution in [2.45, 2.75) is 24.7 Å². The van der Waals surface area contributed by atoms with Crippen LogP contribution in [0.15, 0.2) is 24.3 Å². The fourth-order valence-corrected chi connectivity index (χ4v) is 2.07.